The second-order valence-electron chi connectivity index (χ2n) is 6.75. The summed E-state index contributed by atoms with van der Waals surface area (Å²) in [4.78, 5) is 17.2. The highest BCUT2D eigenvalue weighted by atomic mass is 19.1. The first-order chi connectivity index (χ1) is 13.0. The van der Waals surface area contributed by atoms with Crippen LogP contribution < -0.4 is 0 Å². The van der Waals surface area contributed by atoms with Crippen molar-refractivity contribution >= 4 is 5.91 Å². The van der Waals surface area contributed by atoms with Crippen LogP contribution in [0.2, 0.25) is 0 Å². The molecule has 0 spiro atoms. The number of carbonyl (C=O) groups excluding carboxylic acids is 1. The van der Waals surface area contributed by atoms with Gasteiger partial charge >= 0.3 is 0 Å². The van der Waals surface area contributed by atoms with Crippen molar-refractivity contribution < 1.29 is 13.9 Å². The number of ether oxygens (including phenoxy) is 1. The molecular weight excluding hydrogens is 349 g/mol. The van der Waals surface area contributed by atoms with E-state index in [2.05, 4.69) is 22.1 Å². The molecule has 0 radical (unpaired) electrons. The SMILES string of the molecule is CCC1CN(C(=O)c2nnn(-c3ccc(F)cc3)c2C)CCN1CCOC. The molecule has 1 aliphatic rings. The van der Waals surface area contributed by atoms with E-state index in [9.17, 15) is 9.18 Å². The molecule has 27 heavy (non-hydrogen) atoms. The maximum Gasteiger partial charge on any atom is 0.276 e. The Labute approximate surface area is 158 Å². The van der Waals surface area contributed by atoms with E-state index in [4.69, 9.17) is 4.74 Å². The number of rotatable bonds is 6. The van der Waals surface area contributed by atoms with E-state index in [-0.39, 0.29) is 11.7 Å². The zero-order valence-corrected chi connectivity index (χ0v) is 16.1. The van der Waals surface area contributed by atoms with Crippen molar-refractivity contribution in [2.24, 2.45) is 0 Å². The summed E-state index contributed by atoms with van der Waals surface area (Å²) in [5, 5.41) is 8.20. The molecule has 1 aliphatic heterocycles. The fourth-order valence-corrected chi connectivity index (χ4v) is 3.47. The highest BCUT2D eigenvalue weighted by Crippen LogP contribution is 2.18. The van der Waals surface area contributed by atoms with E-state index in [0.29, 0.717) is 42.8 Å². The standard InChI is InChI=1S/C19H26FN5O2/c1-4-16-13-24(10-9-23(16)11-12-27-3)19(26)18-14(2)25(22-21-18)17-7-5-15(20)6-8-17/h5-8,16H,4,9-13H2,1-3H3. The first kappa shape index (κ1) is 19.4. The molecule has 1 atom stereocenters. The molecule has 1 aromatic heterocycles. The summed E-state index contributed by atoms with van der Waals surface area (Å²) < 4.78 is 19.9. The van der Waals surface area contributed by atoms with Crippen LogP contribution in [0, 0.1) is 12.7 Å². The van der Waals surface area contributed by atoms with Crippen LogP contribution in [-0.2, 0) is 4.74 Å². The molecule has 146 valence electrons. The topological polar surface area (TPSA) is 63.5 Å². The van der Waals surface area contributed by atoms with Crippen LogP contribution in [-0.4, -0.2) is 76.6 Å². The summed E-state index contributed by atoms with van der Waals surface area (Å²) in [5.74, 6) is -0.421. The van der Waals surface area contributed by atoms with Crippen molar-refractivity contribution in [1.82, 2.24) is 24.8 Å². The first-order valence-electron chi connectivity index (χ1n) is 9.25. The quantitative estimate of drug-likeness (QED) is 0.772. The van der Waals surface area contributed by atoms with Crippen molar-refractivity contribution in [2.45, 2.75) is 26.3 Å². The third-order valence-corrected chi connectivity index (χ3v) is 5.11. The van der Waals surface area contributed by atoms with Gasteiger partial charge in [0.25, 0.3) is 5.91 Å². The molecular formula is C19H26FN5O2. The molecule has 7 nitrogen and oxygen atoms in total. The predicted molar refractivity (Wildman–Crippen MR) is 99.5 cm³/mol. The zero-order chi connectivity index (χ0) is 19.4. The molecule has 1 unspecified atom stereocenters. The number of benzene rings is 1. The number of nitrogens with zero attached hydrogens (tertiary/aromatic N) is 5. The predicted octanol–water partition coefficient (Wildman–Crippen LogP) is 1.90. The van der Waals surface area contributed by atoms with Crippen molar-refractivity contribution in [3.05, 3.63) is 41.5 Å². The Balaban J connectivity index is 1.74. The lowest BCUT2D eigenvalue weighted by Gasteiger charge is -2.40. The van der Waals surface area contributed by atoms with Crippen LogP contribution in [0.15, 0.2) is 24.3 Å². The van der Waals surface area contributed by atoms with Crippen LogP contribution >= 0.6 is 0 Å². The van der Waals surface area contributed by atoms with E-state index in [1.807, 2.05) is 11.8 Å². The second kappa shape index (κ2) is 8.58. The Hall–Kier alpha value is -2.32. The lowest BCUT2D eigenvalue weighted by Crippen LogP contribution is -2.55. The van der Waals surface area contributed by atoms with Gasteiger partial charge in [-0.15, -0.1) is 5.10 Å². The van der Waals surface area contributed by atoms with Gasteiger partial charge in [0.1, 0.15) is 5.82 Å². The number of carbonyl (C=O) groups is 1. The lowest BCUT2D eigenvalue weighted by molar-refractivity contribution is 0.0380. The molecule has 0 saturated carbocycles. The van der Waals surface area contributed by atoms with Gasteiger partial charge in [0.05, 0.1) is 18.0 Å². The van der Waals surface area contributed by atoms with Gasteiger partial charge in [0.2, 0.25) is 0 Å². The number of piperazine rings is 1. The molecule has 8 heteroatoms. The summed E-state index contributed by atoms with van der Waals surface area (Å²) in [6, 6.07) is 6.27. The minimum Gasteiger partial charge on any atom is -0.383 e. The fraction of sp³-hybridized carbons (Fsp3) is 0.526. The highest BCUT2D eigenvalue weighted by molar-refractivity contribution is 5.93. The molecule has 0 bridgehead atoms. The normalized spacial score (nSPS) is 18.1. The molecule has 0 N–H and O–H groups in total. The average molecular weight is 375 g/mol. The first-order valence-corrected chi connectivity index (χ1v) is 9.25. The third kappa shape index (κ3) is 4.17. The van der Waals surface area contributed by atoms with Gasteiger partial charge in [-0.25, -0.2) is 9.07 Å². The average Bonchev–Trinajstić information content (AvgIpc) is 3.07. The summed E-state index contributed by atoms with van der Waals surface area (Å²) >= 11 is 0. The summed E-state index contributed by atoms with van der Waals surface area (Å²) in [6.07, 6.45) is 0.967. The van der Waals surface area contributed by atoms with Crippen molar-refractivity contribution in [3.63, 3.8) is 0 Å². The molecule has 1 fully saturated rings. The summed E-state index contributed by atoms with van der Waals surface area (Å²) in [5.41, 5.74) is 1.68. The molecule has 3 rings (SSSR count). The monoisotopic (exact) mass is 375 g/mol. The van der Waals surface area contributed by atoms with Gasteiger partial charge in [0.15, 0.2) is 5.69 Å². The highest BCUT2D eigenvalue weighted by Gasteiger charge is 2.31. The summed E-state index contributed by atoms with van der Waals surface area (Å²) in [6.45, 7) is 7.64. The number of amides is 1. The fourth-order valence-electron chi connectivity index (χ4n) is 3.47. The number of methoxy groups -OCH3 is 1. The van der Waals surface area contributed by atoms with E-state index < -0.39 is 0 Å². The van der Waals surface area contributed by atoms with Crippen molar-refractivity contribution in [3.8, 4) is 5.69 Å². The van der Waals surface area contributed by atoms with E-state index in [0.717, 1.165) is 19.5 Å². The number of halogens is 1. The minimum absolute atomic E-state index is 0.106. The smallest absolute Gasteiger partial charge is 0.276 e. The number of aromatic nitrogens is 3. The number of hydrogen-bond donors (Lipinski definition) is 0. The third-order valence-electron chi connectivity index (χ3n) is 5.11. The van der Waals surface area contributed by atoms with Gasteiger partial charge in [-0.3, -0.25) is 9.69 Å². The van der Waals surface area contributed by atoms with E-state index in [1.165, 1.54) is 12.1 Å². The molecule has 1 amide bonds. The van der Waals surface area contributed by atoms with Crippen LogP contribution in [0.5, 0.6) is 0 Å². The molecule has 1 saturated heterocycles. The minimum atomic E-state index is -0.315. The van der Waals surface area contributed by atoms with Gasteiger partial charge in [-0.1, -0.05) is 12.1 Å². The zero-order valence-electron chi connectivity index (χ0n) is 16.1. The Morgan fingerprint density at radius 1 is 1.30 bits per heavy atom. The van der Waals surface area contributed by atoms with Gasteiger partial charge in [-0.2, -0.15) is 0 Å². The maximum atomic E-state index is 13.1. The lowest BCUT2D eigenvalue weighted by atomic mass is 10.1. The second-order valence-corrected chi connectivity index (χ2v) is 6.75. The van der Waals surface area contributed by atoms with E-state index in [1.54, 1.807) is 23.9 Å². The Kier molecular flexibility index (Phi) is 6.18. The van der Waals surface area contributed by atoms with Gasteiger partial charge in [0, 0.05) is 39.3 Å². The van der Waals surface area contributed by atoms with Crippen LogP contribution in [0.25, 0.3) is 5.69 Å². The van der Waals surface area contributed by atoms with E-state index >= 15 is 0 Å². The van der Waals surface area contributed by atoms with Crippen molar-refractivity contribution in [1.29, 1.82) is 0 Å². The molecule has 2 aromatic rings. The van der Waals surface area contributed by atoms with Crippen molar-refractivity contribution in [2.75, 3.05) is 39.9 Å². The Morgan fingerprint density at radius 2 is 2.04 bits per heavy atom. The molecule has 0 aliphatic carbocycles. The largest absolute Gasteiger partial charge is 0.383 e. The number of hydrogen-bond acceptors (Lipinski definition) is 5. The Bertz CT molecular complexity index is 777. The van der Waals surface area contributed by atoms with Crippen LogP contribution in [0.1, 0.15) is 29.5 Å². The van der Waals surface area contributed by atoms with Crippen LogP contribution in [0.3, 0.4) is 0 Å². The van der Waals surface area contributed by atoms with Gasteiger partial charge < -0.3 is 9.64 Å². The molecule has 1 aromatic carbocycles. The van der Waals surface area contributed by atoms with Gasteiger partial charge in [-0.05, 0) is 37.6 Å². The summed E-state index contributed by atoms with van der Waals surface area (Å²) in [7, 11) is 1.70. The van der Waals surface area contributed by atoms with Crippen LogP contribution in [0.4, 0.5) is 4.39 Å². The Morgan fingerprint density at radius 3 is 2.70 bits per heavy atom. The molecule has 2 heterocycles. The maximum absolute atomic E-state index is 13.1.